The zero-order valence-corrected chi connectivity index (χ0v) is 6.95. The van der Waals surface area contributed by atoms with E-state index in [1.807, 2.05) is 0 Å². The SMILES string of the molecule is C=C(C)c1cnc([N+](=O)[O-])c(F)c1. The summed E-state index contributed by atoms with van der Waals surface area (Å²) in [5, 5.41) is 10.2. The number of halogens is 1. The van der Waals surface area contributed by atoms with Crippen molar-refractivity contribution in [1.82, 2.24) is 4.98 Å². The van der Waals surface area contributed by atoms with Gasteiger partial charge in [0.1, 0.15) is 6.20 Å². The first-order valence-electron chi connectivity index (χ1n) is 3.48. The number of allylic oxidation sites excluding steroid dienone is 1. The molecule has 0 bridgehead atoms. The third kappa shape index (κ3) is 1.87. The molecule has 0 unspecified atom stereocenters. The summed E-state index contributed by atoms with van der Waals surface area (Å²) < 4.78 is 12.9. The maximum atomic E-state index is 12.9. The fourth-order valence-electron chi connectivity index (χ4n) is 0.798. The first-order chi connectivity index (χ1) is 6.02. The van der Waals surface area contributed by atoms with E-state index in [1.165, 1.54) is 6.20 Å². The monoisotopic (exact) mass is 182 g/mol. The summed E-state index contributed by atoms with van der Waals surface area (Å²) in [4.78, 5) is 12.7. The average Bonchev–Trinajstić information content (AvgIpc) is 2.03. The second kappa shape index (κ2) is 3.30. The molecule has 0 spiro atoms. The molecule has 0 aliphatic carbocycles. The number of pyridine rings is 1. The lowest BCUT2D eigenvalue weighted by Crippen LogP contribution is -1.96. The molecule has 4 nitrogen and oxygen atoms in total. The molecule has 68 valence electrons. The molecule has 0 aromatic carbocycles. The minimum absolute atomic E-state index is 0.461. The highest BCUT2D eigenvalue weighted by Crippen LogP contribution is 2.17. The lowest BCUT2D eigenvalue weighted by atomic mass is 10.1. The Balaban J connectivity index is 3.20. The largest absolute Gasteiger partial charge is 0.399 e. The second-order valence-corrected chi connectivity index (χ2v) is 2.57. The molecular formula is C8H7FN2O2. The standard InChI is InChI=1S/C8H7FN2O2/c1-5(2)6-3-7(9)8(10-4-6)11(12)13/h3-4H,1H2,2H3. The first-order valence-corrected chi connectivity index (χ1v) is 3.48. The van der Waals surface area contributed by atoms with Gasteiger partial charge in [0.2, 0.25) is 5.82 Å². The highest BCUT2D eigenvalue weighted by Gasteiger charge is 2.15. The lowest BCUT2D eigenvalue weighted by Gasteiger charge is -1.97. The van der Waals surface area contributed by atoms with Crippen LogP contribution < -0.4 is 0 Å². The molecule has 0 saturated heterocycles. The van der Waals surface area contributed by atoms with Crippen molar-refractivity contribution in [2.45, 2.75) is 6.92 Å². The van der Waals surface area contributed by atoms with Crippen molar-refractivity contribution in [3.05, 3.63) is 40.3 Å². The van der Waals surface area contributed by atoms with E-state index >= 15 is 0 Å². The topological polar surface area (TPSA) is 56.0 Å². The number of nitro groups is 1. The predicted octanol–water partition coefficient (Wildman–Crippen LogP) is 2.16. The fraction of sp³-hybridized carbons (Fsp3) is 0.125. The van der Waals surface area contributed by atoms with E-state index in [-0.39, 0.29) is 0 Å². The molecule has 0 radical (unpaired) electrons. The zero-order chi connectivity index (χ0) is 10.0. The van der Waals surface area contributed by atoms with E-state index in [0.717, 1.165) is 6.07 Å². The van der Waals surface area contributed by atoms with Crippen LogP contribution in [0.5, 0.6) is 0 Å². The smallest absolute Gasteiger partial charge is 0.358 e. The quantitative estimate of drug-likeness (QED) is 0.520. The van der Waals surface area contributed by atoms with E-state index in [0.29, 0.717) is 11.1 Å². The molecule has 0 atom stereocenters. The molecule has 1 aromatic rings. The summed E-state index contributed by atoms with van der Waals surface area (Å²) in [5.74, 6) is -1.70. The van der Waals surface area contributed by atoms with Crippen molar-refractivity contribution >= 4 is 11.4 Å². The van der Waals surface area contributed by atoms with Crippen LogP contribution in [-0.4, -0.2) is 9.91 Å². The summed E-state index contributed by atoms with van der Waals surface area (Å²) in [6, 6.07) is 1.05. The molecule has 0 N–H and O–H groups in total. The lowest BCUT2D eigenvalue weighted by molar-refractivity contribution is -0.392. The minimum atomic E-state index is -0.939. The van der Waals surface area contributed by atoms with E-state index in [9.17, 15) is 14.5 Å². The molecule has 0 aliphatic heterocycles. The Labute approximate surface area is 73.9 Å². The van der Waals surface area contributed by atoms with Gasteiger partial charge >= 0.3 is 5.82 Å². The van der Waals surface area contributed by atoms with E-state index in [2.05, 4.69) is 11.6 Å². The van der Waals surface area contributed by atoms with Crippen LogP contribution in [0.2, 0.25) is 0 Å². The summed E-state index contributed by atoms with van der Waals surface area (Å²) in [5.41, 5.74) is 1.07. The second-order valence-electron chi connectivity index (χ2n) is 2.57. The van der Waals surface area contributed by atoms with Crippen molar-refractivity contribution < 1.29 is 9.31 Å². The minimum Gasteiger partial charge on any atom is -0.358 e. The fourth-order valence-corrected chi connectivity index (χ4v) is 0.798. The number of aromatic nitrogens is 1. The van der Waals surface area contributed by atoms with Crippen LogP contribution in [0, 0.1) is 15.9 Å². The highest BCUT2D eigenvalue weighted by atomic mass is 19.1. The van der Waals surface area contributed by atoms with Gasteiger partial charge < -0.3 is 10.1 Å². The Bertz CT molecular complexity index is 376. The average molecular weight is 182 g/mol. The molecule has 1 aromatic heterocycles. The number of rotatable bonds is 2. The highest BCUT2D eigenvalue weighted by molar-refractivity contribution is 5.60. The van der Waals surface area contributed by atoms with E-state index < -0.39 is 16.6 Å². The summed E-state index contributed by atoms with van der Waals surface area (Å²) in [6.45, 7) is 5.23. The van der Waals surface area contributed by atoms with Crippen molar-refractivity contribution in [3.63, 3.8) is 0 Å². The van der Waals surface area contributed by atoms with Gasteiger partial charge in [0, 0.05) is 5.56 Å². The van der Waals surface area contributed by atoms with Crippen LogP contribution in [0.25, 0.3) is 5.57 Å². The predicted molar refractivity (Wildman–Crippen MR) is 45.6 cm³/mol. The Morgan fingerprint density at radius 1 is 1.77 bits per heavy atom. The molecular weight excluding hydrogens is 175 g/mol. The van der Waals surface area contributed by atoms with Gasteiger partial charge in [-0.05, 0) is 28.5 Å². The van der Waals surface area contributed by atoms with Crippen LogP contribution in [-0.2, 0) is 0 Å². The Kier molecular flexibility index (Phi) is 2.36. The molecule has 0 saturated carbocycles. The third-order valence-corrected chi connectivity index (χ3v) is 1.49. The zero-order valence-electron chi connectivity index (χ0n) is 6.95. The van der Waals surface area contributed by atoms with Crippen LogP contribution in [0.15, 0.2) is 18.8 Å². The van der Waals surface area contributed by atoms with Gasteiger partial charge in [0.15, 0.2) is 0 Å². The van der Waals surface area contributed by atoms with Crippen molar-refractivity contribution in [1.29, 1.82) is 0 Å². The van der Waals surface area contributed by atoms with Gasteiger partial charge in [0.05, 0.1) is 0 Å². The molecule has 0 aliphatic rings. The van der Waals surface area contributed by atoms with E-state index in [1.54, 1.807) is 6.92 Å². The van der Waals surface area contributed by atoms with Crippen LogP contribution in [0.1, 0.15) is 12.5 Å². The Morgan fingerprint density at radius 2 is 2.38 bits per heavy atom. The number of hydrogen-bond acceptors (Lipinski definition) is 3. The van der Waals surface area contributed by atoms with E-state index in [4.69, 9.17) is 0 Å². The molecule has 13 heavy (non-hydrogen) atoms. The van der Waals surface area contributed by atoms with Crippen LogP contribution in [0.4, 0.5) is 10.2 Å². The Hall–Kier alpha value is -1.78. The number of nitrogens with zero attached hydrogens (tertiary/aromatic N) is 2. The molecule has 0 amide bonds. The van der Waals surface area contributed by atoms with Gasteiger partial charge in [-0.15, -0.1) is 0 Å². The van der Waals surface area contributed by atoms with Gasteiger partial charge in [-0.2, -0.15) is 4.39 Å². The van der Waals surface area contributed by atoms with Gasteiger partial charge in [0.25, 0.3) is 0 Å². The van der Waals surface area contributed by atoms with Crippen LogP contribution >= 0.6 is 0 Å². The van der Waals surface area contributed by atoms with Crippen molar-refractivity contribution in [3.8, 4) is 0 Å². The van der Waals surface area contributed by atoms with Crippen LogP contribution in [0.3, 0.4) is 0 Å². The Morgan fingerprint density at radius 3 is 2.77 bits per heavy atom. The summed E-state index contributed by atoms with van der Waals surface area (Å²) in [7, 11) is 0. The maximum absolute atomic E-state index is 12.9. The third-order valence-electron chi connectivity index (χ3n) is 1.49. The molecule has 1 heterocycles. The first kappa shape index (κ1) is 9.31. The van der Waals surface area contributed by atoms with Gasteiger partial charge in [-0.25, -0.2) is 0 Å². The van der Waals surface area contributed by atoms with Crippen molar-refractivity contribution in [2.24, 2.45) is 0 Å². The van der Waals surface area contributed by atoms with Gasteiger partial charge in [-0.3, -0.25) is 0 Å². The summed E-state index contributed by atoms with van der Waals surface area (Å²) >= 11 is 0. The van der Waals surface area contributed by atoms with Crippen molar-refractivity contribution in [2.75, 3.05) is 0 Å². The number of hydrogen-bond donors (Lipinski definition) is 0. The molecule has 1 rings (SSSR count). The molecule has 0 fully saturated rings. The summed E-state index contributed by atoms with van der Waals surface area (Å²) in [6.07, 6.45) is 1.23. The molecule has 5 heteroatoms. The maximum Gasteiger partial charge on any atom is 0.399 e. The van der Waals surface area contributed by atoms with Gasteiger partial charge in [-0.1, -0.05) is 6.58 Å². The normalized spacial score (nSPS) is 9.69.